The normalized spacial score (nSPS) is 25.0. The molecule has 2 fully saturated rings. The summed E-state index contributed by atoms with van der Waals surface area (Å²) in [6.07, 6.45) is 5.93. The standard InChI is InChI=1S/C23H32F2N6O3/c1-16(2)31-11-7-19(27-31)20(32)29-10-5-8-22(15-29,21(33)34)12-18-14-30(28-26-18)13-17-6-3-4-9-23(17,24)25/h7,11,14,16-17H,3-6,8-10,12-13,15H2,1-2H3,(H,33,34). The summed E-state index contributed by atoms with van der Waals surface area (Å²) in [5.74, 6) is -4.82. The molecule has 3 heterocycles. The van der Waals surface area contributed by atoms with Crippen LogP contribution in [0.5, 0.6) is 0 Å². The van der Waals surface area contributed by atoms with Gasteiger partial charge in [-0.05, 0) is 45.6 Å². The molecule has 0 spiro atoms. The van der Waals surface area contributed by atoms with Crippen LogP contribution in [0.3, 0.4) is 0 Å². The Kier molecular flexibility index (Phi) is 6.73. The fourth-order valence-electron chi connectivity index (χ4n) is 5.07. The number of carbonyl (C=O) groups is 2. The second-order valence-corrected chi connectivity index (χ2v) is 10.0. The van der Waals surface area contributed by atoms with Crippen molar-refractivity contribution in [2.24, 2.45) is 11.3 Å². The molecule has 1 saturated heterocycles. The summed E-state index contributed by atoms with van der Waals surface area (Å²) >= 11 is 0. The number of carboxylic acid groups (broad SMARTS) is 1. The molecule has 1 N–H and O–H groups in total. The highest BCUT2D eigenvalue weighted by Gasteiger charge is 2.45. The Morgan fingerprint density at radius 1 is 1.24 bits per heavy atom. The Hall–Kier alpha value is -2.85. The number of likely N-dealkylation sites (tertiary alicyclic amines) is 1. The molecule has 2 aromatic heterocycles. The highest BCUT2D eigenvalue weighted by Crippen LogP contribution is 2.39. The fourth-order valence-corrected chi connectivity index (χ4v) is 5.07. The van der Waals surface area contributed by atoms with Gasteiger partial charge in [0.15, 0.2) is 0 Å². The van der Waals surface area contributed by atoms with Gasteiger partial charge in [-0.25, -0.2) is 8.78 Å². The van der Waals surface area contributed by atoms with Gasteiger partial charge in [-0.1, -0.05) is 11.6 Å². The number of hydrogen-bond acceptors (Lipinski definition) is 5. The molecule has 1 saturated carbocycles. The van der Waals surface area contributed by atoms with Crippen molar-refractivity contribution in [2.75, 3.05) is 13.1 Å². The number of alkyl halides is 2. The van der Waals surface area contributed by atoms with Crippen LogP contribution in [0.15, 0.2) is 18.5 Å². The first kappa shape index (κ1) is 24.3. The van der Waals surface area contributed by atoms with Gasteiger partial charge in [0.05, 0.1) is 17.7 Å². The number of hydrogen-bond donors (Lipinski definition) is 1. The second-order valence-electron chi connectivity index (χ2n) is 10.0. The molecule has 2 atom stereocenters. The topological polar surface area (TPSA) is 106 Å². The molecular formula is C23H32F2N6O3. The van der Waals surface area contributed by atoms with Gasteiger partial charge in [-0.2, -0.15) is 5.10 Å². The van der Waals surface area contributed by atoms with E-state index < -0.39 is 23.2 Å². The molecule has 2 aliphatic rings. The largest absolute Gasteiger partial charge is 0.481 e. The van der Waals surface area contributed by atoms with Crippen LogP contribution in [0, 0.1) is 11.3 Å². The average molecular weight is 479 g/mol. The van der Waals surface area contributed by atoms with Gasteiger partial charge < -0.3 is 10.0 Å². The molecule has 1 amide bonds. The van der Waals surface area contributed by atoms with Crippen LogP contribution >= 0.6 is 0 Å². The number of rotatable bonds is 7. The lowest BCUT2D eigenvalue weighted by molar-refractivity contribution is -0.151. The molecule has 1 aliphatic heterocycles. The number of amides is 1. The van der Waals surface area contributed by atoms with E-state index in [0.29, 0.717) is 37.9 Å². The molecular weight excluding hydrogens is 446 g/mol. The number of piperidine rings is 1. The number of halogens is 2. The number of carbonyl (C=O) groups excluding carboxylic acids is 1. The van der Waals surface area contributed by atoms with Crippen LogP contribution in [-0.2, 0) is 17.8 Å². The zero-order chi connectivity index (χ0) is 24.5. The van der Waals surface area contributed by atoms with Gasteiger partial charge >= 0.3 is 5.97 Å². The van der Waals surface area contributed by atoms with Crippen molar-refractivity contribution in [1.82, 2.24) is 29.7 Å². The van der Waals surface area contributed by atoms with Gasteiger partial charge in [0.1, 0.15) is 5.69 Å². The smallest absolute Gasteiger partial charge is 0.311 e. The van der Waals surface area contributed by atoms with Crippen molar-refractivity contribution in [3.05, 3.63) is 29.8 Å². The van der Waals surface area contributed by atoms with Crippen molar-refractivity contribution in [2.45, 2.75) is 77.3 Å². The van der Waals surface area contributed by atoms with Gasteiger partial charge in [0, 0.05) is 50.3 Å². The van der Waals surface area contributed by atoms with Crippen LogP contribution in [0.1, 0.15) is 74.6 Å². The maximum Gasteiger partial charge on any atom is 0.311 e. The van der Waals surface area contributed by atoms with Crippen LogP contribution in [0.4, 0.5) is 8.78 Å². The lowest BCUT2D eigenvalue weighted by Gasteiger charge is -2.39. The van der Waals surface area contributed by atoms with Gasteiger partial charge in [0.25, 0.3) is 11.8 Å². The van der Waals surface area contributed by atoms with E-state index in [9.17, 15) is 23.5 Å². The predicted molar refractivity (Wildman–Crippen MR) is 118 cm³/mol. The minimum Gasteiger partial charge on any atom is -0.481 e. The molecule has 34 heavy (non-hydrogen) atoms. The summed E-state index contributed by atoms with van der Waals surface area (Å²) in [7, 11) is 0. The minimum absolute atomic E-state index is 0.0310. The van der Waals surface area contributed by atoms with Crippen LogP contribution in [0.25, 0.3) is 0 Å². The SMILES string of the molecule is CC(C)n1ccc(C(=O)N2CCCC(Cc3cn(CC4CCCCC4(F)F)nn3)(C(=O)O)C2)n1. The number of aliphatic carboxylic acids is 1. The number of nitrogens with zero attached hydrogens (tertiary/aromatic N) is 6. The highest BCUT2D eigenvalue weighted by atomic mass is 19.3. The van der Waals surface area contributed by atoms with E-state index in [2.05, 4.69) is 15.4 Å². The van der Waals surface area contributed by atoms with E-state index >= 15 is 0 Å². The lowest BCUT2D eigenvalue weighted by atomic mass is 9.76. The lowest BCUT2D eigenvalue weighted by Crippen LogP contribution is -2.51. The third kappa shape index (κ3) is 4.97. The van der Waals surface area contributed by atoms with Gasteiger partial charge in [0.2, 0.25) is 0 Å². The average Bonchev–Trinajstić information content (AvgIpc) is 3.45. The van der Waals surface area contributed by atoms with Gasteiger partial charge in [-0.3, -0.25) is 19.0 Å². The molecule has 2 aromatic rings. The second kappa shape index (κ2) is 9.42. The van der Waals surface area contributed by atoms with Crippen LogP contribution < -0.4 is 0 Å². The Morgan fingerprint density at radius 2 is 2.03 bits per heavy atom. The molecule has 4 rings (SSSR count). The van der Waals surface area contributed by atoms with Crippen LogP contribution in [0.2, 0.25) is 0 Å². The maximum atomic E-state index is 14.2. The first-order valence-electron chi connectivity index (χ1n) is 11.9. The zero-order valence-electron chi connectivity index (χ0n) is 19.7. The van der Waals surface area contributed by atoms with E-state index in [1.54, 1.807) is 23.1 Å². The Bertz CT molecular complexity index is 1040. The predicted octanol–water partition coefficient (Wildman–Crippen LogP) is 3.43. The van der Waals surface area contributed by atoms with E-state index in [1.807, 2.05) is 13.8 Å². The van der Waals surface area contributed by atoms with Crippen molar-refractivity contribution in [3.8, 4) is 0 Å². The Labute approximate surface area is 197 Å². The molecule has 11 heteroatoms. The quantitative estimate of drug-likeness (QED) is 0.654. The number of carboxylic acids is 1. The minimum atomic E-state index is -2.72. The molecule has 2 unspecified atom stereocenters. The van der Waals surface area contributed by atoms with Crippen LogP contribution in [-0.4, -0.2) is 65.7 Å². The summed E-state index contributed by atoms with van der Waals surface area (Å²) in [5.41, 5.74) is -0.501. The first-order valence-corrected chi connectivity index (χ1v) is 11.9. The van der Waals surface area contributed by atoms with Crippen molar-refractivity contribution in [1.29, 1.82) is 0 Å². The van der Waals surface area contributed by atoms with E-state index in [1.165, 1.54) is 9.58 Å². The van der Waals surface area contributed by atoms with E-state index in [-0.39, 0.29) is 43.6 Å². The summed E-state index contributed by atoms with van der Waals surface area (Å²) in [5, 5.41) is 22.5. The molecule has 186 valence electrons. The zero-order valence-corrected chi connectivity index (χ0v) is 19.7. The van der Waals surface area contributed by atoms with Gasteiger partial charge in [-0.15, -0.1) is 5.10 Å². The summed E-state index contributed by atoms with van der Waals surface area (Å²) < 4.78 is 31.5. The molecule has 9 nitrogen and oxygen atoms in total. The van der Waals surface area contributed by atoms with Crippen molar-refractivity contribution >= 4 is 11.9 Å². The maximum absolute atomic E-state index is 14.2. The highest BCUT2D eigenvalue weighted by molar-refractivity contribution is 5.92. The first-order chi connectivity index (χ1) is 16.1. The van der Waals surface area contributed by atoms with E-state index in [0.717, 1.165) is 6.42 Å². The summed E-state index contributed by atoms with van der Waals surface area (Å²) in [6, 6.07) is 1.75. The van der Waals surface area contributed by atoms with E-state index in [4.69, 9.17) is 0 Å². The fraction of sp³-hybridized carbons (Fsp3) is 0.696. The monoisotopic (exact) mass is 478 g/mol. The molecule has 1 aliphatic carbocycles. The third-order valence-electron chi connectivity index (χ3n) is 7.10. The molecule has 0 aromatic carbocycles. The third-order valence-corrected chi connectivity index (χ3v) is 7.10. The summed E-state index contributed by atoms with van der Waals surface area (Å²) in [6.45, 7) is 4.46. The summed E-state index contributed by atoms with van der Waals surface area (Å²) in [4.78, 5) is 27.0. The van der Waals surface area contributed by atoms with Crippen molar-refractivity contribution in [3.63, 3.8) is 0 Å². The molecule has 0 bridgehead atoms. The van der Waals surface area contributed by atoms with Crippen molar-refractivity contribution < 1.29 is 23.5 Å². The Morgan fingerprint density at radius 3 is 2.71 bits per heavy atom. The molecule has 0 radical (unpaired) electrons. The Balaban J connectivity index is 1.47. The number of aromatic nitrogens is 5.